The maximum absolute atomic E-state index is 13.6. The van der Waals surface area contributed by atoms with E-state index in [1.54, 1.807) is 0 Å². The highest BCUT2D eigenvalue weighted by molar-refractivity contribution is 5.98. The van der Waals surface area contributed by atoms with Gasteiger partial charge in [0, 0.05) is 18.8 Å². The molecule has 0 spiro atoms. The molecule has 1 aliphatic rings. The van der Waals surface area contributed by atoms with Crippen molar-refractivity contribution in [3.63, 3.8) is 0 Å². The third-order valence-electron chi connectivity index (χ3n) is 4.56. The van der Waals surface area contributed by atoms with E-state index in [0.717, 1.165) is 17.0 Å². The Bertz CT molecular complexity index is 797. The lowest BCUT2D eigenvalue weighted by Crippen LogP contribution is -2.51. The lowest BCUT2D eigenvalue weighted by atomic mass is 10.1. The second-order valence-corrected chi connectivity index (χ2v) is 6.80. The van der Waals surface area contributed by atoms with Gasteiger partial charge in [-0.1, -0.05) is 0 Å². The van der Waals surface area contributed by atoms with Gasteiger partial charge in [0.05, 0.1) is 30.9 Å². The predicted molar refractivity (Wildman–Crippen MR) is 99.7 cm³/mol. The minimum absolute atomic E-state index is 0.0316. The molecule has 0 aromatic heterocycles. The number of carbonyl (C=O) groups excluding carboxylic acids is 2. The Hall–Kier alpha value is -2.45. The number of carbonyl (C=O) groups is 2. The fraction of sp³-hybridized carbons (Fsp3) is 0.556. The predicted octanol–water partition coefficient (Wildman–Crippen LogP) is 2.17. The van der Waals surface area contributed by atoms with Gasteiger partial charge in [-0.05, 0) is 18.2 Å². The van der Waals surface area contributed by atoms with Gasteiger partial charge in [-0.15, -0.1) is 0 Å². The Morgan fingerprint density at radius 2 is 1.81 bits per heavy atom. The van der Waals surface area contributed by atoms with E-state index in [-0.39, 0.29) is 18.8 Å². The van der Waals surface area contributed by atoms with E-state index in [2.05, 4.69) is 5.32 Å². The standard InChI is InChI=1S/C18H21F7N4O3/c19-14(20)7-28(8-15(21)22)13(6-26)17(31)27-10-1-2-12(11(5-10)18(23,24)25)29-3-4-32-9-16(29)30/h1-2,5,13-15H,3-4,6-9,26H2,(H,27,31)/t13-/m1/s1. The van der Waals surface area contributed by atoms with Gasteiger partial charge in [0.15, 0.2) is 0 Å². The summed E-state index contributed by atoms with van der Waals surface area (Å²) < 4.78 is 96.7. The molecule has 180 valence electrons. The summed E-state index contributed by atoms with van der Waals surface area (Å²) in [7, 11) is 0. The normalized spacial score (nSPS) is 16.2. The number of nitrogens with two attached hydrogens (primary N) is 1. The molecule has 1 atom stereocenters. The summed E-state index contributed by atoms with van der Waals surface area (Å²) in [6, 6.07) is 0.972. The van der Waals surface area contributed by atoms with Crippen molar-refractivity contribution in [2.24, 2.45) is 5.73 Å². The molecule has 0 radical (unpaired) electrons. The number of hydrogen-bond donors (Lipinski definition) is 2. The monoisotopic (exact) mass is 474 g/mol. The first-order valence-electron chi connectivity index (χ1n) is 9.34. The molecule has 0 aliphatic carbocycles. The first-order valence-corrected chi connectivity index (χ1v) is 9.34. The van der Waals surface area contributed by atoms with Gasteiger partial charge in [0.25, 0.3) is 18.8 Å². The maximum Gasteiger partial charge on any atom is 0.418 e. The van der Waals surface area contributed by atoms with Crippen LogP contribution in [0.4, 0.5) is 42.1 Å². The number of nitrogens with one attached hydrogen (secondary N) is 1. The lowest BCUT2D eigenvalue weighted by Gasteiger charge is -2.30. The van der Waals surface area contributed by atoms with Crippen molar-refractivity contribution in [2.75, 3.05) is 49.6 Å². The molecule has 1 aromatic carbocycles. The molecule has 0 unspecified atom stereocenters. The highest BCUT2D eigenvalue weighted by Gasteiger charge is 2.37. The summed E-state index contributed by atoms with van der Waals surface area (Å²) in [6.07, 6.45) is -11.0. The third-order valence-corrected chi connectivity index (χ3v) is 4.56. The zero-order valence-electron chi connectivity index (χ0n) is 16.5. The number of ether oxygens (including phenoxy) is 1. The van der Waals surface area contributed by atoms with Gasteiger partial charge in [-0.3, -0.25) is 14.5 Å². The lowest BCUT2D eigenvalue weighted by molar-refractivity contribution is -0.137. The number of benzene rings is 1. The average molecular weight is 474 g/mol. The number of anilines is 2. The highest BCUT2D eigenvalue weighted by Crippen LogP contribution is 2.38. The van der Waals surface area contributed by atoms with E-state index in [1.165, 1.54) is 0 Å². The molecule has 2 amide bonds. The summed E-state index contributed by atoms with van der Waals surface area (Å²) >= 11 is 0. The van der Waals surface area contributed by atoms with Crippen LogP contribution < -0.4 is 16.0 Å². The zero-order chi connectivity index (χ0) is 24.1. The Kier molecular flexibility index (Phi) is 8.81. The van der Waals surface area contributed by atoms with Crippen molar-refractivity contribution < 1.29 is 45.1 Å². The minimum atomic E-state index is -4.90. The van der Waals surface area contributed by atoms with Crippen LogP contribution >= 0.6 is 0 Å². The van der Waals surface area contributed by atoms with Crippen molar-refractivity contribution in [3.05, 3.63) is 23.8 Å². The number of halogens is 7. The Morgan fingerprint density at radius 1 is 1.19 bits per heavy atom. The molecular formula is C18H21F7N4O3. The van der Waals surface area contributed by atoms with E-state index in [9.17, 15) is 40.3 Å². The third kappa shape index (κ3) is 6.77. The quantitative estimate of drug-likeness (QED) is 0.536. The average Bonchev–Trinajstić information content (AvgIpc) is 2.67. The molecule has 3 N–H and O–H groups in total. The maximum atomic E-state index is 13.6. The van der Waals surface area contributed by atoms with Crippen LogP contribution in [0.5, 0.6) is 0 Å². The molecule has 1 aliphatic heterocycles. The van der Waals surface area contributed by atoms with Crippen LogP contribution in [0.3, 0.4) is 0 Å². The SMILES string of the molecule is NC[C@H](C(=O)Nc1ccc(N2CCOCC2=O)c(C(F)(F)F)c1)N(CC(F)F)CC(F)F. The number of alkyl halides is 7. The van der Waals surface area contributed by atoms with Gasteiger partial charge in [0.2, 0.25) is 5.91 Å². The van der Waals surface area contributed by atoms with E-state index in [0.29, 0.717) is 11.0 Å². The fourth-order valence-corrected chi connectivity index (χ4v) is 3.18. The molecule has 0 saturated carbocycles. The highest BCUT2D eigenvalue weighted by atomic mass is 19.4. The van der Waals surface area contributed by atoms with Gasteiger partial charge >= 0.3 is 6.18 Å². The Balaban J connectivity index is 2.30. The van der Waals surface area contributed by atoms with Gasteiger partial charge < -0.3 is 20.7 Å². The second kappa shape index (κ2) is 10.9. The van der Waals surface area contributed by atoms with Crippen LogP contribution in [-0.2, 0) is 20.5 Å². The summed E-state index contributed by atoms with van der Waals surface area (Å²) in [5.74, 6) is -1.81. The van der Waals surface area contributed by atoms with Crippen LogP contribution in [-0.4, -0.2) is 75.0 Å². The largest absolute Gasteiger partial charge is 0.418 e. The van der Waals surface area contributed by atoms with Crippen molar-refractivity contribution in [2.45, 2.75) is 25.1 Å². The number of amides is 2. The molecule has 1 fully saturated rings. The molecule has 2 rings (SSSR count). The molecule has 14 heteroatoms. The fourth-order valence-electron chi connectivity index (χ4n) is 3.18. The second-order valence-electron chi connectivity index (χ2n) is 6.80. The smallest absolute Gasteiger partial charge is 0.370 e. The van der Waals surface area contributed by atoms with Crippen LogP contribution in [0.2, 0.25) is 0 Å². The molecule has 1 aromatic rings. The van der Waals surface area contributed by atoms with Gasteiger partial charge in [-0.2, -0.15) is 13.2 Å². The summed E-state index contributed by atoms with van der Waals surface area (Å²) in [5, 5.41) is 2.10. The molecule has 32 heavy (non-hydrogen) atoms. The van der Waals surface area contributed by atoms with Crippen LogP contribution in [0, 0.1) is 0 Å². The molecule has 0 bridgehead atoms. The topological polar surface area (TPSA) is 87.9 Å². The molecule has 1 saturated heterocycles. The van der Waals surface area contributed by atoms with Gasteiger partial charge in [0.1, 0.15) is 12.6 Å². The van der Waals surface area contributed by atoms with E-state index in [4.69, 9.17) is 10.5 Å². The van der Waals surface area contributed by atoms with E-state index < -0.39 is 74.4 Å². The van der Waals surface area contributed by atoms with Crippen LogP contribution in [0.25, 0.3) is 0 Å². The first kappa shape index (κ1) is 25.8. The molecular weight excluding hydrogens is 453 g/mol. The van der Waals surface area contributed by atoms with E-state index in [1.807, 2.05) is 0 Å². The minimum Gasteiger partial charge on any atom is -0.370 e. The summed E-state index contributed by atoms with van der Waals surface area (Å²) in [5.41, 5.74) is 3.33. The number of hydrogen-bond acceptors (Lipinski definition) is 5. The summed E-state index contributed by atoms with van der Waals surface area (Å²) in [4.78, 5) is 25.8. The van der Waals surface area contributed by atoms with Crippen molar-refractivity contribution in [1.82, 2.24) is 4.90 Å². The van der Waals surface area contributed by atoms with E-state index >= 15 is 0 Å². The Labute approximate surface area is 178 Å². The van der Waals surface area contributed by atoms with Crippen molar-refractivity contribution in [3.8, 4) is 0 Å². The number of rotatable bonds is 9. The van der Waals surface area contributed by atoms with Crippen LogP contribution in [0.15, 0.2) is 18.2 Å². The first-order chi connectivity index (χ1) is 14.9. The number of morpholine rings is 1. The Morgan fingerprint density at radius 3 is 2.31 bits per heavy atom. The van der Waals surface area contributed by atoms with Gasteiger partial charge in [-0.25, -0.2) is 17.6 Å². The summed E-state index contributed by atoms with van der Waals surface area (Å²) in [6.45, 7) is -3.45. The molecule has 7 nitrogen and oxygen atoms in total. The van der Waals surface area contributed by atoms with Crippen LogP contribution in [0.1, 0.15) is 5.56 Å². The zero-order valence-corrected chi connectivity index (χ0v) is 16.5. The molecule has 1 heterocycles. The number of nitrogens with zero attached hydrogens (tertiary/aromatic N) is 2. The van der Waals surface area contributed by atoms with Crippen molar-refractivity contribution in [1.29, 1.82) is 0 Å². The van der Waals surface area contributed by atoms with Crippen molar-refractivity contribution >= 4 is 23.2 Å².